The Bertz CT molecular complexity index is 894. The molecule has 0 unspecified atom stereocenters. The van der Waals surface area contributed by atoms with Crippen LogP contribution in [-0.2, 0) is 4.79 Å². The highest BCUT2D eigenvalue weighted by Crippen LogP contribution is 2.30. The van der Waals surface area contributed by atoms with Gasteiger partial charge in [0, 0.05) is 9.50 Å². The number of carbonyl (C=O) groups is 2. The van der Waals surface area contributed by atoms with Crippen LogP contribution in [0.5, 0.6) is 5.75 Å². The summed E-state index contributed by atoms with van der Waals surface area (Å²) in [5.41, 5.74) is 1.00. The number of hydrogen-bond acceptors (Lipinski definition) is 4. The zero-order chi connectivity index (χ0) is 19.2. The summed E-state index contributed by atoms with van der Waals surface area (Å²) in [6.45, 7) is 0.419. The number of thioether (sulfide) groups is 1. The molecular weight excluding hydrogens is 450 g/mol. The fourth-order valence-corrected chi connectivity index (χ4v) is 3.52. The first-order valence-electron chi connectivity index (χ1n) is 8.09. The Morgan fingerprint density at radius 1 is 1.07 bits per heavy atom. The molecule has 3 rings (SSSR count). The van der Waals surface area contributed by atoms with Gasteiger partial charge >= 0.3 is 0 Å². The molecule has 1 heterocycles. The van der Waals surface area contributed by atoms with E-state index in [1.807, 2.05) is 30.3 Å². The molecule has 7 heteroatoms. The van der Waals surface area contributed by atoms with Gasteiger partial charge in [-0.15, -0.1) is 0 Å². The Hall–Kier alpha value is -2.02. The van der Waals surface area contributed by atoms with Crippen LogP contribution in [0.4, 0.5) is 4.79 Å². The van der Waals surface area contributed by atoms with Crippen molar-refractivity contribution in [1.29, 1.82) is 0 Å². The first kappa shape index (κ1) is 19.7. The van der Waals surface area contributed by atoms with E-state index < -0.39 is 0 Å². The minimum atomic E-state index is -0.301. The van der Waals surface area contributed by atoms with E-state index in [0.717, 1.165) is 21.8 Å². The molecule has 1 aliphatic rings. The molecule has 0 N–H and O–H groups in total. The normalized spacial score (nSPS) is 15.9. The lowest BCUT2D eigenvalue weighted by atomic mass is 10.2. The summed E-state index contributed by atoms with van der Waals surface area (Å²) in [6.07, 6.45) is 5.31. The van der Waals surface area contributed by atoms with Crippen molar-refractivity contribution in [2.24, 2.45) is 0 Å². The van der Waals surface area contributed by atoms with Crippen molar-refractivity contribution < 1.29 is 14.3 Å². The van der Waals surface area contributed by atoms with Gasteiger partial charge in [0.25, 0.3) is 11.1 Å². The van der Waals surface area contributed by atoms with Gasteiger partial charge in [-0.25, -0.2) is 0 Å². The number of carbonyl (C=O) groups excluding carboxylic acids is 2. The van der Waals surface area contributed by atoms with Gasteiger partial charge in [0.05, 0.1) is 11.4 Å². The Morgan fingerprint density at radius 3 is 2.48 bits per heavy atom. The third kappa shape index (κ3) is 5.48. The number of imide groups is 1. The lowest BCUT2D eigenvalue weighted by Gasteiger charge is -2.13. The van der Waals surface area contributed by atoms with Gasteiger partial charge in [-0.05, 0) is 59.8 Å². The number of allylic oxidation sites excluding steroid dienone is 2. The van der Waals surface area contributed by atoms with Crippen molar-refractivity contribution in [2.75, 3.05) is 13.2 Å². The Morgan fingerprint density at radius 2 is 1.78 bits per heavy atom. The highest BCUT2D eigenvalue weighted by atomic mass is 79.9. The fourth-order valence-electron chi connectivity index (χ4n) is 2.31. The summed E-state index contributed by atoms with van der Waals surface area (Å²) < 4.78 is 6.55. The van der Waals surface area contributed by atoms with E-state index >= 15 is 0 Å². The molecule has 0 saturated carbocycles. The molecule has 138 valence electrons. The Labute approximate surface area is 175 Å². The van der Waals surface area contributed by atoms with E-state index in [1.54, 1.807) is 36.4 Å². The van der Waals surface area contributed by atoms with Gasteiger partial charge in [-0.3, -0.25) is 14.5 Å². The molecule has 2 aromatic carbocycles. The Balaban J connectivity index is 1.55. The van der Waals surface area contributed by atoms with Crippen molar-refractivity contribution in [3.8, 4) is 5.75 Å². The van der Waals surface area contributed by atoms with Crippen LogP contribution in [0, 0.1) is 0 Å². The largest absolute Gasteiger partial charge is 0.492 e. The van der Waals surface area contributed by atoms with Crippen molar-refractivity contribution >= 4 is 56.5 Å². The van der Waals surface area contributed by atoms with Crippen LogP contribution in [0.1, 0.15) is 5.56 Å². The molecule has 1 saturated heterocycles. The number of rotatable bonds is 6. The molecule has 0 spiro atoms. The minimum Gasteiger partial charge on any atom is -0.492 e. The maximum absolute atomic E-state index is 12.4. The fraction of sp³-hybridized carbons (Fsp3) is 0.100. The van der Waals surface area contributed by atoms with Crippen LogP contribution < -0.4 is 4.74 Å². The number of hydrogen-bond donors (Lipinski definition) is 0. The summed E-state index contributed by atoms with van der Waals surface area (Å²) in [5, 5.41) is 0.331. The molecule has 1 fully saturated rings. The molecule has 4 nitrogen and oxygen atoms in total. The number of amides is 2. The maximum Gasteiger partial charge on any atom is 0.293 e. The molecule has 2 amide bonds. The quantitative estimate of drug-likeness (QED) is 0.509. The molecule has 1 aliphatic heterocycles. The SMILES string of the molecule is O=C1S/C(=C\C=C\c2ccc(Br)cc2)C(=O)N1CCOc1ccc(Cl)cc1. The molecule has 2 aromatic rings. The molecule has 0 bridgehead atoms. The second kappa shape index (κ2) is 9.26. The predicted molar refractivity (Wildman–Crippen MR) is 113 cm³/mol. The first-order chi connectivity index (χ1) is 13.0. The van der Waals surface area contributed by atoms with Crippen LogP contribution in [0.15, 0.2) is 70.1 Å². The van der Waals surface area contributed by atoms with Gasteiger partial charge in [-0.2, -0.15) is 0 Å². The summed E-state index contributed by atoms with van der Waals surface area (Å²) >= 11 is 10.1. The molecule has 0 radical (unpaired) electrons. The van der Waals surface area contributed by atoms with Crippen LogP contribution >= 0.6 is 39.3 Å². The maximum atomic E-state index is 12.4. The molecule has 0 aliphatic carbocycles. The van der Waals surface area contributed by atoms with Crippen LogP contribution in [-0.4, -0.2) is 29.2 Å². The zero-order valence-corrected chi connectivity index (χ0v) is 17.3. The van der Waals surface area contributed by atoms with E-state index in [-0.39, 0.29) is 24.3 Å². The van der Waals surface area contributed by atoms with E-state index in [2.05, 4.69) is 15.9 Å². The summed E-state index contributed by atoms with van der Waals surface area (Å²) in [7, 11) is 0. The second-order valence-electron chi connectivity index (χ2n) is 5.57. The van der Waals surface area contributed by atoms with E-state index in [9.17, 15) is 9.59 Å². The predicted octanol–water partition coefficient (Wildman–Crippen LogP) is 5.77. The molecule has 0 atom stereocenters. The van der Waals surface area contributed by atoms with Gasteiger partial charge in [-0.1, -0.05) is 51.8 Å². The Kier molecular flexibility index (Phi) is 6.77. The monoisotopic (exact) mass is 463 g/mol. The van der Waals surface area contributed by atoms with Crippen LogP contribution in [0.3, 0.4) is 0 Å². The lowest BCUT2D eigenvalue weighted by molar-refractivity contribution is -0.123. The molecular formula is C20H15BrClNO3S. The molecule has 27 heavy (non-hydrogen) atoms. The minimum absolute atomic E-state index is 0.195. The van der Waals surface area contributed by atoms with Gasteiger partial charge in [0.15, 0.2) is 0 Å². The van der Waals surface area contributed by atoms with Crippen molar-refractivity contribution in [2.45, 2.75) is 0 Å². The number of ether oxygens (including phenoxy) is 1. The molecule has 0 aromatic heterocycles. The van der Waals surface area contributed by atoms with Crippen molar-refractivity contribution in [3.05, 3.63) is 80.6 Å². The standard InChI is InChI=1S/C20H15BrClNO3S/c21-15-6-4-14(5-7-15)2-1-3-18-19(24)23(20(25)27-18)12-13-26-17-10-8-16(22)9-11-17/h1-11H,12-13H2/b2-1+,18-3-. The van der Waals surface area contributed by atoms with Crippen LogP contribution in [0.2, 0.25) is 5.02 Å². The first-order valence-corrected chi connectivity index (χ1v) is 10.1. The number of nitrogens with zero attached hydrogens (tertiary/aromatic N) is 1. The number of halogens is 2. The smallest absolute Gasteiger partial charge is 0.293 e. The average molecular weight is 465 g/mol. The third-order valence-corrected chi connectivity index (χ3v) is 5.38. The summed E-state index contributed by atoms with van der Waals surface area (Å²) in [4.78, 5) is 26.1. The van der Waals surface area contributed by atoms with Crippen molar-refractivity contribution in [1.82, 2.24) is 4.90 Å². The summed E-state index contributed by atoms with van der Waals surface area (Å²) in [6, 6.07) is 14.7. The van der Waals surface area contributed by atoms with E-state index in [1.165, 1.54) is 4.90 Å². The highest BCUT2D eigenvalue weighted by molar-refractivity contribution is 9.10. The van der Waals surface area contributed by atoms with Crippen molar-refractivity contribution in [3.63, 3.8) is 0 Å². The van der Waals surface area contributed by atoms with Crippen LogP contribution in [0.25, 0.3) is 6.08 Å². The lowest BCUT2D eigenvalue weighted by Crippen LogP contribution is -2.32. The highest BCUT2D eigenvalue weighted by Gasteiger charge is 2.34. The average Bonchev–Trinajstić information content (AvgIpc) is 2.92. The zero-order valence-electron chi connectivity index (χ0n) is 14.1. The second-order valence-corrected chi connectivity index (χ2v) is 7.91. The van der Waals surface area contributed by atoms with E-state index in [0.29, 0.717) is 15.7 Å². The van der Waals surface area contributed by atoms with Gasteiger partial charge in [0.1, 0.15) is 12.4 Å². The van der Waals surface area contributed by atoms with Gasteiger partial charge < -0.3 is 4.74 Å². The van der Waals surface area contributed by atoms with Gasteiger partial charge in [0.2, 0.25) is 0 Å². The number of benzene rings is 2. The topological polar surface area (TPSA) is 46.6 Å². The summed E-state index contributed by atoms with van der Waals surface area (Å²) in [5.74, 6) is 0.338. The van der Waals surface area contributed by atoms with E-state index in [4.69, 9.17) is 16.3 Å². The third-order valence-electron chi connectivity index (χ3n) is 3.68.